The summed E-state index contributed by atoms with van der Waals surface area (Å²) in [6.07, 6.45) is 0.144. The summed E-state index contributed by atoms with van der Waals surface area (Å²) in [5.41, 5.74) is 1.09. The van der Waals surface area contributed by atoms with Crippen molar-refractivity contribution in [1.82, 2.24) is 25.7 Å². The van der Waals surface area contributed by atoms with Crippen LogP contribution in [0, 0.1) is 6.92 Å². The first-order valence-corrected chi connectivity index (χ1v) is 11.8. The average Bonchev–Trinajstić information content (AvgIpc) is 3.15. The van der Waals surface area contributed by atoms with Crippen molar-refractivity contribution in [3.05, 3.63) is 34.8 Å². The van der Waals surface area contributed by atoms with E-state index in [0.29, 0.717) is 38.5 Å². The number of hydrogen-bond acceptors (Lipinski definition) is 8. The topological polar surface area (TPSA) is 96.5 Å². The Balaban J connectivity index is 1.48. The lowest BCUT2D eigenvalue weighted by molar-refractivity contribution is -0.134. The number of aromatic nitrogens is 2. The number of nitrogens with one attached hydrogen (secondary N) is 2. The van der Waals surface area contributed by atoms with E-state index in [9.17, 15) is 9.59 Å². The van der Waals surface area contributed by atoms with Gasteiger partial charge in [0.1, 0.15) is 10.8 Å². The first-order chi connectivity index (χ1) is 14.5. The minimum Gasteiger partial charge on any atom is -0.494 e. The number of benzene rings is 1. The number of ether oxygens (including phenoxy) is 1. The lowest BCUT2D eigenvalue weighted by Crippen LogP contribution is -2.56. The number of nitrogens with zero attached hydrogens (tertiary/aromatic N) is 3. The number of rotatable bonds is 10. The van der Waals surface area contributed by atoms with Crippen LogP contribution >= 0.6 is 23.1 Å². The summed E-state index contributed by atoms with van der Waals surface area (Å²) in [4.78, 5) is 26.9. The minimum absolute atomic E-state index is 0.0963. The van der Waals surface area contributed by atoms with Crippen molar-refractivity contribution in [1.29, 1.82) is 0 Å². The van der Waals surface area contributed by atoms with Crippen LogP contribution in [0.1, 0.15) is 23.9 Å². The van der Waals surface area contributed by atoms with E-state index >= 15 is 0 Å². The third-order valence-corrected chi connectivity index (χ3v) is 6.57. The number of amides is 2. The highest BCUT2D eigenvalue weighted by Crippen LogP contribution is 2.21. The standard InChI is InChI=1S/C20H27N5O3S2/c1-3-28-16-6-4-15(5-7-16)13-25-10-8-22-19(27)17(25)12-18(26)21-9-11-29-20-24-23-14(2)30-20/h4-7,17H,3,8-13H2,1-2H3,(H,21,26)(H,22,27)/t17-/m1/s1. The van der Waals surface area contributed by atoms with Crippen LogP contribution in [0.4, 0.5) is 0 Å². The van der Waals surface area contributed by atoms with Gasteiger partial charge in [0.05, 0.1) is 19.1 Å². The van der Waals surface area contributed by atoms with E-state index in [2.05, 4.69) is 25.7 Å². The van der Waals surface area contributed by atoms with Crippen molar-refractivity contribution < 1.29 is 14.3 Å². The van der Waals surface area contributed by atoms with E-state index in [1.807, 2.05) is 38.1 Å². The van der Waals surface area contributed by atoms with Gasteiger partial charge in [0.25, 0.3) is 0 Å². The van der Waals surface area contributed by atoms with Crippen molar-refractivity contribution in [3.63, 3.8) is 0 Å². The highest BCUT2D eigenvalue weighted by molar-refractivity contribution is 8.01. The van der Waals surface area contributed by atoms with Crippen LogP contribution in [0.2, 0.25) is 0 Å². The van der Waals surface area contributed by atoms with E-state index in [4.69, 9.17) is 4.74 Å². The molecule has 1 fully saturated rings. The number of hydrogen-bond donors (Lipinski definition) is 2. The molecule has 0 bridgehead atoms. The van der Waals surface area contributed by atoms with E-state index in [-0.39, 0.29) is 18.2 Å². The van der Waals surface area contributed by atoms with E-state index in [1.54, 1.807) is 23.1 Å². The van der Waals surface area contributed by atoms with E-state index < -0.39 is 6.04 Å². The zero-order chi connectivity index (χ0) is 21.3. The maximum absolute atomic E-state index is 12.4. The minimum atomic E-state index is -0.469. The predicted molar refractivity (Wildman–Crippen MR) is 118 cm³/mol. The molecule has 0 aliphatic carbocycles. The van der Waals surface area contributed by atoms with Gasteiger partial charge in [-0.2, -0.15) is 0 Å². The predicted octanol–water partition coefficient (Wildman–Crippen LogP) is 1.84. The van der Waals surface area contributed by atoms with Crippen LogP contribution in [-0.4, -0.2) is 64.9 Å². The van der Waals surface area contributed by atoms with E-state index in [1.165, 1.54) is 0 Å². The number of thioether (sulfide) groups is 1. The third-order valence-electron chi connectivity index (χ3n) is 4.60. The zero-order valence-corrected chi connectivity index (χ0v) is 18.9. The molecule has 2 N–H and O–H groups in total. The molecule has 1 aromatic heterocycles. The fourth-order valence-corrected chi connectivity index (χ4v) is 4.92. The number of carbonyl (C=O) groups excluding carboxylic acids is 2. The molecular formula is C20H27N5O3S2. The van der Waals surface area contributed by atoms with Crippen LogP contribution in [-0.2, 0) is 16.1 Å². The fraction of sp³-hybridized carbons (Fsp3) is 0.500. The van der Waals surface area contributed by atoms with Crippen LogP contribution in [0.25, 0.3) is 0 Å². The normalized spacial score (nSPS) is 16.9. The van der Waals surface area contributed by atoms with Gasteiger partial charge >= 0.3 is 0 Å². The number of piperazine rings is 1. The first-order valence-electron chi connectivity index (χ1n) is 9.98. The van der Waals surface area contributed by atoms with Gasteiger partial charge in [-0.15, -0.1) is 10.2 Å². The molecule has 10 heteroatoms. The van der Waals surface area contributed by atoms with Gasteiger partial charge in [0.15, 0.2) is 4.34 Å². The molecular weight excluding hydrogens is 422 g/mol. The van der Waals surface area contributed by atoms with E-state index in [0.717, 1.165) is 20.7 Å². The molecule has 2 amide bonds. The van der Waals surface area contributed by atoms with Gasteiger partial charge in [0, 0.05) is 31.9 Å². The van der Waals surface area contributed by atoms with Crippen molar-refractivity contribution in [2.75, 3.05) is 32.0 Å². The molecule has 1 aromatic carbocycles. The lowest BCUT2D eigenvalue weighted by atomic mass is 10.1. The SMILES string of the molecule is CCOc1ccc(CN2CCNC(=O)[C@H]2CC(=O)NCCSc2nnc(C)s2)cc1. The molecule has 2 aromatic rings. The summed E-state index contributed by atoms with van der Waals surface area (Å²) >= 11 is 3.11. The quantitative estimate of drug-likeness (QED) is 0.422. The van der Waals surface area contributed by atoms with Gasteiger partial charge in [-0.25, -0.2) is 0 Å². The highest BCUT2D eigenvalue weighted by Gasteiger charge is 2.31. The summed E-state index contributed by atoms with van der Waals surface area (Å²) in [7, 11) is 0. The van der Waals surface area contributed by atoms with Gasteiger partial charge < -0.3 is 15.4 Å². The fourth-order valence-electron chi connectivity index (χ4n) is 3.18. The molecule has 0 radical (unpaired) electrons. The van der Waals surface area contributed by atoms with Crippen LogP contribution in [0.15, 0.2) is 28.6 Å². The largest absolute Gasteiger partial charge is 0.494 e. The van der Waals surface area contributed by atoms with Crippen molar-refractivity contribution >= 4 is 34.9 Å². The summed E-state index contributed by atoms with van der Waals surface area (Å²) < 4.78 is 6.38. The van der Waals surface area contributed by atoms with Crippen LogP contribution in [0.3, 0.4) is 0 Å². The Morgan fingerprint density at radius 2 is 2.17 bits per heavy atom. The first kappa shape index (κ1) is 22.5. The molecule has 30 heavy (non-hydrogen) atoms. The highest BCUT2D eigenvalue weighted by atomic mass is 32.2. The second-order valence-corrected chi connectivity index (χ2v) is 9.37. The Morgan fingerprint density at radius 3 is 2.87 bits per heavy atom. The summed E-state index contributed by atoms with van der Waals surface area (Å²) in [5.74, 6) is 1.33. The molecule has 1 aliphatic rings. The van der Waals surface area contributed by atoms with Crippen molar-refractivity contribution in [2.24, 2.45) is 0 Å². The molecule has 1 aliphatic heterocycles. The lowest BCUT2D eigenvalue weighted by Gasteiger charge is -2.34. The summed E-state index contributed by atoms with van der Waals surface area (Å²) in [6.45, 7) is 6.93. The Labute approximate surface area is 184 Å². The Morgan fingerprint density at radius 1 is 1.37 bits per heavy atom. The van der Waals surface area contributed by atoms with Crippen molar-refractivity contribution in [2.45, 2.75) is 37.2 Å². The number of carbonyl (C=O) groups is 2. The molecule has 0 unspecified atom stereocenters. The molecule has 0 saturated carbocycles. The Hall–Kier alpha value is -2.17. The Bertz CT molecular complexity index is 843. The molecule has 3 rings (SSSR count). The van der Waals surface area contributed by atoms with Gasteiger partial charge in [-0.3, -0.25) is 14.5 Å². The van der Waals surface area contributed by atoms with Crippen molar-refractivity contribution in [3.8, 4) is 5.75 Å². The monoisotopic (exact) mass is 449 g/mol. The molecule has 162 valence electrons. The van der Waals surface area contributed by atoms with Gasteiger partial charge in [-0.1, -0.05) is 35.2 Å². The number of aryl methyl sites for hydroxylation is 1. The average molecular weight is 450 g/mol. The molecule has 2 heterocycles. The smallest absolute Gasteiger partial charge is 0.237 e. The maximum Gasteiger partial charge on any atom is 0.237 e. The second kappa shape index (κ2) is 11.3. The van der Waals surface area contributed by atoms with Crippen LogP contribution < -0.4 is 15.4 Å². The van der Waals surface area contributed by atoms with Gasteiger partial charge in [-0.05, 0) is 31.5 Å². The van der Waals surface area contributed by atoms with Gasteiger partial charge in [0.2, 0.25) is 11.8 Å². The molecule has 1 saturated heterocycles. The summed E-state index contributed by atoms with van der Waals surface area (Å²) in [5, 5.41) is 14.7. The molecule has 8 nitrogen and oxygen atoms in total. The molecule has 0 spiro atoms. The third kappa shape index (κ3) is 6.68. The Kier molecular flexibility index (Phi) is 8.47. The second-order valence-electron chi connectivity index (χ2n) is 6.84. The van der Waals surface area contributed by atoms with Crippen LogP contribution in [0.5, 0.6) is 5.75 Å². The zero-order valence-electron chi connectivity index (χ0n) is 17.2. The molecule has 1 atom stereocenters. The maximum atomic E-state index is 12.4. The summed E-state index contributed by atoms with van der Waals surface area (Å²) in [6, 6.07) is 7.40.